The average Bonchev–Trinajstić information content (AvgIpc) is 3.39. The number of hydrogen-bond acceptors (Lipinski definition) is 4. The number of alkyl carbamates (subject to hydrolysis) is 1. The second-order valence-corrected chi connectivity index (χ2v) is 7.32. The highest BCUT2D eigenvalue weighted by Gasteiger charge is 2.33. The summed E-state index contributed by atoms with van der Waals surface area (Å²) in [5.74, 6) is 2.20. The van der Waals surface area contributed by atoms with Gasteiger partial charge in [0.1, 0.15) is 0 Å². The first-order valence-electron chi connectivity index (χ1n) is 10.2. The van der Waals surface area contributed by atoms with E-state index < -0.39 is 0 Å². The van der Waals surface area contributed by atoms with Gasteiger partial charge in [0.05, 0.1) is 12.6 Å². The van der Waals surface area contributed by atoms with Gasteiger partial charge in [-0.1, -0.05) is 13.8 Å². The first kappa shape index (κ1) is 24.3. The quantitative estimate of drug-likeness (QED) is 0.292. The molecule has 1 saturated heterocycles. The van der Waals surface area contributed by atoms with Crippen LogP contribution < -0.4 is 10.6 Å². The van der Waals surface area contributed by atoms with Gasteiger partial charge in [-0.2, -0.15) is 0 Å². The Morgan fingerprint density at radius 2 is 1.96 bits per heavy atom. The van der Waals surface area contributed by atoms with Crippen LogP contribution in [0.2, 0.25) is 0 Å². The Balaban J connectivity index is 0.00000364. The largest absolute Gasteiger partial charge is 0.450 e. The Morgan fingerprint density at radius 3 is 2.52 bits per heavy atom. The van der Waals surface area contributed by atoms with Crippen molar-refractivity contribution in [2.24, 2.45) is 16.8 Å². The number of nitrogens with zero attached hydrogens (tertiary/aromatic N) is 3. The molecule has 2 aliphatic rings. The normalized spacial score (nSPS) is 21.0. The molecule has 0 radical (unpaired) electrons. The van der Waals surface area contributed by atoms with Crippen molar-refractivity contribution in [2.75, 3.05) is 52.9 Å². The zero-order chi connectivity index (χ0) is 18.9. The van der Waals surface area contributed by atoms with E-state index in [9.17, 15) is 4.79 Å². The summed E-state index contributed by atoms with van der Waals surface area (Å²) in [6, 6.07) is 0.111. The van der Waals surface area contributed by atoms with Crippen LogP contribution in [0.25, 0.3) is 0 Å². The fourth-order valence-corrected chi connectivity index (χ4v) is 3.71. The van der Waals surface area contributed by atoms with Crippen molar-refractivity contribution in [3.8, 4) is 0 Å². The van der Waals surface area contributed by atoms with E-state index in [0.29, 0.717) is 25.0 Å². The number of aliphatic imine (C=N–C) groups is 1. The lowest BCUT2D eigenvalue weighted by Gasteiger charge is -2.26. The summed E-state index contributed by atoms with van der Waals surface area (Å²) in [4.78, 5) is 21.1. The Bertz CT molecular complexity index is 469. The topological polar surface area (TPSA) is 69.2 Å². The number of nitrogens with one attached hydrogen (secondary N) is 2. The molecule has 0 aromatic carbocycles. The minimum Gasteiger partial charge on any atom is -0.450 e. The second-order valence-electron chi connectivity index (χ2n) is 7.32. The van der Waals surface area contributed by atoms with Crippen LogP contribution in [-0.2, 0) is 4.74 Å². The van der Waals surface area contributed by atoms with Crippen LogP contribution in [0.3, 0.4) is 0 Å². The first-order chi connectivity index (χ1) is 12.6. The number of carbonyl (C=O) groups excluding carboxylic acids is 1. The fraction of sp³-hybridized carbons (Fsp3) is 0.895. The predicted octanol–water partition coefficient (Wildman–Crippen LogP) is 2.37. The molecule has 1 amide bonds. The lowest BCUT2D eigenvalue weighted by atomic mass is 10.1. The first-order valence-corrected chi connectivity index (χ1v) is 10.2. The Hall–Kier alpha value is -0.770. The van der Waals surface area contributed by atoms with Crippen LogP contribution in [0.4, 0.5) is 4.79 Å². The molecule has 2 atom stereocenters. The van der Waals surface area contributed by atoms with Gasteiger partial charge < -0.3 is 25.2 Å². The summed E-state index contributed by atoms with van der Waals surface area (Å²) in [6.07, 6.45) is 3.24. The van der Waals surface area contributed by atoms with Gasteiger partial charge >= 0.3 is 6.09 Å². The van der Waals surface area contributed by atoms with Crippen LogP contribution in [0.1, 0.15) is 40.0 Å². The Kier molecular flexibility index (Phi) is 11.4. The molecule has 0 spiro atoms. The maximum atomic E-state index is 11.8. The number of carbonyl (C=O) groups is 1. The molecule has 27 heavy (non-hydrogen) atoms. The highest BCUT2D eigenvalue weighted by molar-refractivity contribution is 14.0. The molecule has 2 fully saturated rings. The summed E-state index contributed by atoms with van der Waals surface area (Å²) >= 11 is 0. The van der Waals surface area contributed by atoms with Crippen molar-refractivity contribution in [1.29, 1.82) is 0 Å². The third kappa shape index (κ3) is 8.01. The standard InChI is InChI=1S/C19H37N5O2.HI/c1-5-23(6-2)13-15-10-11-24(14-15)18(20-4)21-12-17(16-8-9-16)22-19(25)26-7-3;/h15-17H,5-14H2,1-4H3,(H,20,21)(H,22,25);1H. The van der Waals surface area contributed by atoms with Crippen molar-refractivity contribution >= 4 is 36.0 Å². The molecule has 8 heteroatoms. The van der Waals surface area contributed by atoms with Crippen LogP contribution in [0.5, 0.6) is 0 Å². The zero-order valence-electron chi connectivity index (χ0n) is 17.4. The molecule has 158 valence electrons. The number of amides is 1. The van der Waals surface area contributed by atoms with Crippen molar-refractivity contribution in [1.82, 2.24) is 20.4 Å². The number of ether oxygens (including phenoxy) is 1. The third-order valence-electron chi connectivity index (χ3n) is 5.46. The molecule has 0 aromatic heterocycles. The van der Waals surface area contributed by atoms with Crippen molar-refractivity contribution in [3.05, 3.63) is 0 Å². The lowest BCUT2D eigenvalue weighted by molar-refractivity contribution is 0.146. The van der Waals surface area contributed by atoms with E-state index in [1.54, 1.807) is 0 Å². The van der Waals surface area contributed by atoms with E-state index in [2.05, 4.69) is 39.3 Å². The van der Waals surface area contributed by atoms with E-state index in [1.807, 2.05) is 14.0 Å². The van der Waals surface area contributed by atoms with Crippen molar-refractivity contribution in [3.63, 3.8) is 0 Å². The smallest absolute Gasteiger partial charge is 0.407 e. The highest BCUT2D eigenvalue weighted by atomic mass is 127. The zero-order valence-corrected chi connectivity index (χ0v) is 19.7. The van der Waals surface area contributed by atoms with Crippen LogP contribution in [0, 0.1) is 11.8 Å². The Labute approximate surface area is 181 Å². The minimum atomic E-state index is -0.318. The summed E-state index contributed by atoms with van der Waals surface area (Å²) in [5, 5.41) is 6.47. The molecule has 1 saturated carbocycles. The molecule has 2 rings (SSSR count). The summed E-state index contributed by atoms with van der Waals surface area (Å²) in [6.45, 7) is 12.9. The molecular formula is C19H38IN5O2. The number of halogens is 1. The van der Waals surface area contributed by atoms with E-state index >= 15 is 0 Å². The fourth-order valence-electron chi connectivity index (χ4n) is 3.71. The molecule has 7 nitrogen and oxygen atoms in total. The summed E-state index contributed by atoms with van der Waals surface area (Å²) < 4.78 is 5.03. The number of rotatable bonds is 9. The van der Waals surface area contributed by atoms with Gasteiger partial charge in [-0.15, -0.1) is 24.0 Å². The Morgan fingerprint density at radius 1 is 1.26 bits per heavy atom. The van der Waals surface area contributed by atoms with Gasteiger partial charge in [0.15, 0.2) is 5.96 Å². The molecule has 0 aromatic rings. The van der Waals surface area contributed by atoms with Crippen molar-refractivity contribution in [2.45, 2.75) is 46.1 Å². The van der Waals surface area contributed by atoms with E-state index in [-0.39, 0.29) is 36.1 Å². The van der Waals surface area contributed by atoms with Crippen molar-refractivity contribution < 1.29 is 9.53 Å². The maximum Gasteiger partial charge on any atom is 0.407 e. The monoisotopic (exact) mass is 495 g/mol. The number of hydrogen-bond donors (Lipinski definition) is 2. The summed E-state index contributed by atoms with van der Waals surface area (Å²) in [5.41, 5.74) is 0. The van der Waals surface area contributed by atoms with E-state index in [0.717, 1.165) is 38.7 Å². The molecule has 0 bridgehead atoms. The van der Waals surface area contributed by atoms with E-state index in [4.69, 9.17) is 4.74 Å². The van der Waals surface area contributed by atoms with Crippen LogP contribution in [0.15, 0.2) is 4.99 Å². The minimum absolute atomic E-state index is 0. The molecule has 2 N–H and O–H groups in total. The van der Waals surface area contributed by atoms with Gasteiger partial charge in [0.25, 0.3) is 0 Å². The van der Waals surface area contributed by atoms with Gasteiger partial charge in [0, 0.05) is 33.2 Å². The highest BCUT2D eigenvalue weighted by Crippen LogP contribution is 2.32. The lowest BCUT2D eigenvalue weighted by Crippen LogP contribution is -2.49. The predicted molar refractivity (Wildman–Crippen MR) is 121 cm³/mol. The summed E-state index contributed by atoms with van der Waals surface area (Å²) in [7, 11) is 1.84. The molecule has 2 unspecified atom stereocenters. The van der Waals surface area contributed by atoms with E-state index in [1.165, 1.54) is 19.3 Å². The maximum absolute atomic E-state index is 11.8. The molecular weight excluding hydrogens is 457 g/mol. The average molecular weight is 495 g/mol. The SMILES string of the molecule is CCOC(=O)NC(CNC(=NC)N1CCC(CN(CC)CC)C1)C1CC1.I. The number of guanidine groups is 1. The third-order valence-corrected chi connectivity index (χ3v) is 5.46. The van der Waals surface area contributed by atoms with Gasteiger partial charge in [-0.25, -0.2) is 4.79 Å². The van der Waals surface area contributed by atoms with Gasteiger partial charge in [0.2, 0.25) is 0 Å². The molecule has 1 heterocycles. The second kappa shape index (κ2) is 12.6. The number of likely N-dealkylation sites (tertiary alicyclic amines) is 1. The molecule has 1 aliphatic heterocycles. The van der Waals surface area contributed by atoms with Gasteiger partial charge in [-0.05, 0) is 51.1 Å². The van der Waals surface area contributed by atoms with Crippen LogP contribution >= 0.6 is 24.0 Å². The van der Waals surface area contributed by atoms with Crippen LogP contribution in [-0.4, -0.2) is 80.8 Å². The van der Waals surface area contributed by atoms with Gasteiger partial charge in [-0.3, -0.25) is 4.99 Å². The molecule has 1 aliphatic carbocycles.